The van der Waals surface area contributed by atoms with Gasteiger partial charge < -0.3 is 15.4 Å². The Balaban J connectivity index is 1.53. The third kappa shape index (κ3) is 1.85. The van der Waals surface area contributed by atoms with Gasteiger partial charge >= 0.3 is 0 Å². The lowest BCUT2D eigenvalue weighted by molar-refractivity contribution is -0.108. The van der Waals surface area contributed by atoms with Crippen molar-refractivity contribution in [1.29, 1.82) is 0 Å². The third-order valence-corrected chi connectivity index (χ3v) is 5.41. The second kappa shape index (κ2) is 4.55. The van der Waals surface area contributed by atoms with E-state index in [1.165, 1.54) is 0 Å². The monoisotopic (exact) mass is 290 g/mol. The highest BCUT2D eigenvalue weighted by molar-refractivity contribution is 5.94. The van der Waals surface area contributed by atoms with Crippen molar-refractivity contribution in [3.05, 3.63) is 17.0 Å². The molecule has 6 heteroatoms. The summed E-state index contributed by atoms with van der Waals surface area (Å²) in [6.45, 7) is 6.82. The van der Waals surface area contributed by atoms with Gasteiger partial charge in [0.1, 0.15) is 0 Å². The van der Waals surface area contributed by atoms with Crippen LogP contribution in [0.3, 0.4) is 0 Å². The normalized spacial score (nSPS) is 33.0. The number of rotatable bonds is 2. The van der Waals surface area contributed by atoms with E-state index in [1.54, 1.807) is 0 Å². The Morgan fingerprint density at radius 1 is 1.48 bits per heavy atom. The highest BCUT2D eigenvalue weighted by Crippen LogP contribution is 2.52. The van der Waals surface area contributed by atoms with Crippen LogP contribution in [0.15, 0.2) is 0 Å². The van der Waals surface area contributed by atoms with Crippen LogP contribution in [0.4, 0.5) is 0 Å². The molecule has 6 nitrogen and oxygen atoms in total. The highest BCUT2D eigenvalue weighted by Gasteiger charge is 2.59. The van der Waals surface area contributed by atoms with Gasteiger partial charge in [-0.15, -0.1) is 0 Å². The van der Waals surface area contributed by atoms with Gasteiger partial charge in [0.15, 0.2) is 5.69 Å². The van der Waals surface area contributed by atoms with E-state index in [2.05, 4.69) is 34.7 Å². The molecule has 3 heterocycles. The topological polar surface area (TPSA) is 79.0 Å². The summed E-state index contributed by atoms with van der Waals surface area (Å²) < 4.78 is 5.78. The summed E-state index contributed by atoms with van der Waals surface area (Å²) in [5, 5.41) is 13.7. The smallest absolute Gasteiger partial charge is 0.272 e. The summed E-state index contributed by atoms with van der Waals surface area (Å²) >= 11 is 0. The molecule has 2 aliphatic heterocycles. The first-order chi connectivity index (χ1) is 10.1. The van der Waals surface area contributed by atoms with Gasteiger partial charge in [0.2, 0.25) is 0 Å². The minimum Gasteiger partial charge on any atom is -0.377 e. The molecule has 0 bridgehead atoms. The first-order valence-corrected chi connectivity index (χ1v) is 7.78. The van der Waals surface area contributed by atoms with Crippen molar-refractivity contribution in [2.24, 2.45) is 11.3 Å². The summed E-state index contributed by atoms with van der Waals surface area (Å²) in [4.78, 5) is 12.6. The zero-order chi connectivity index (χ0) is 14.6. The average Bonchev–Trinajstić information content (AvgIpc) is 3.10. The van der Waals surface area contributed by atoms with E-state index >= 15 is 0 Å². The van der Waals surface area contributed by atoms with E-state index < -0.39 is 0 Å². The Kier molecular flexibility index (Phi) is 2.87. The average molecular weight is 290 g/mol. The summed E-state index contributed by atoms with van der Waals surface area (Å²) in [5.74, 6) is 0.400. The highest BCUT2D eigenvalue weighted by atomic mass is 16.5. The van der Waals surface area contributed by atoms with Crippen LogP contribution in [0.5, 0.6) is 0 Å². The van der Waals surface area contributed by atoms with Crippen molar-refractivity contribution in [3.8, 4) is 0 Å². The molecule has 3 atom stereocenters. The van der Waals surface area contributed by atoms with E-state index in [9.17, 15) is 4.79 Å². The van der Waals surface area contributed by atoms with Crippen molar-refractivity contribution in [3.63, 3.8) is 0 Å². The Labute approximate surface area is 124 Å². The number of aromatic nitrogens is 2. The van der Waals surface area contributed by atoms with Crippen molar-refractivity contribution < 1.29 is 9.53 Å². The number of hydrogen-bond acceptors (Lipinski definition) is 4. The van der Waals surface area contributed by atoms with E-state index in [-0.39, 0.29) is 23.5 Å². The number of aromatic amines is 1. The second-order valence-electron chi connectivity index (χ2n) is 6.97. The maximum Gasteiger partial charge on any atom is 0.272 e. The van der Waals surface area contributed by atoms with Gasteiger partial charge in [-0.1, -0.05) is 13.8 Å². The van der Waals surface area contributed by atoms with Crippen molar-refractivity contribution in [2.75, 3.05) is 13.2 Å². The van der Waals surface area contributed by atoms with E-state index in [1.807, 2.05) is 0 Å². The van der Waals surface area contributed by atoms with Gasteiger partial charge in [0, 0.05) is 54.7 Å². The first kappa shape index (κ1) is 13.3. The molecule has 1 aromatic heterocycles. The molecule has 1 aromatic rings. The lowest BCUT2D eigenvalue weighted by atomic mass is 9.57. The van der Waals surface area contributed by atoms with Gasteiger partial charge in [0.05, 0.1) is 6.10 Å². The van der Waals surface area contributed by atoms with Crippen LogP contribution >= 0.6 is 0 Å². The molecule has 2 fully saturated rings. The number of fused-ring (bicyclic) bond motifs is 2. The van der Waals surface area contributed by atoms with Gasteiger partial charge in [-0.25, -0.2) is 0 Å². The van der Waals surface area contributed by atoms with Gasteiger partial charge in [-0.2, -0.15) is 5.10 Å². The van der Waals surface area contributed by atoms with E-state index in [0.29, 0.717) is 11.6 Å². The third-order valence-electron chi connectivity index (χ3n) is 5.41. The van der Waals surface area contributed by atoms with Gasteiger partial charge in [-0.05, 0) is 6.42 Å². The maximum atomic E-state index is 12.6. The lowest BCUT2D eigenvalue weighted by Crippen LogP contribution is -2.66. The molecule has 1 saturated heterocycles. The lowest BCUT2D eigenvalue weighted by Gasteiger charge is -2.54. The van der Waals surface area contributed by atoms with Crippen molar-refractivity contribution in [2.45, 2.75) is 45.4 Å². The molecular formula is C15H22N4O2. The molecular weight excluding hydrogens is 268 g/mol. The van der Waals surface area contributed by atoms with Crippen LogP contribution in [-0.4, -0.2) is 41.4 Å². The second-order valence-corrected chi connectivity index (χ2v) is 6.97. The number of ether oxygens (including phenoxy) is 1. The van der Waals surface area contributed by atoms with Crippen molar-refractivity contribution >= 4 is 5.91 Å². The molecule has 21 heavy (non-hydrogen) atoms. The summed E-state index contributed by atoms with van der Waals surface area (Å²) in [7, 11) is 0. The molecule has 3 unspecified atom stereocenters. The summed E-state index contributed by atoms with van der Waals surface area (Å²) in [5.41, 5.74) is 2.67. The Morgan fingerprint density at radius 3 is 3.19 bits per heavy atom. The minimum absolute atomic E-state index is 0.00540. The number of nitrogens with one attached hydrogen (secondary N) is 3. The molecule has 0 aromatic carbocycles. The Hall–Kier alpha value is -1.40. The maximum absolute atomic E-state index is 12.6. The van der Waals surface area contributed by atoms with Crippen LogP contribution in [-0.2, 0) is 17.7 Å². The molecule has 1 aliphatic carbocycles. The fourth-order valence-corrected chi connectivity index (χ4v) is 4.24. The molecule has 1 saturated carbocycles. The number of amides is 1. The number of hydrogen-bond donors (Lipinski definition) is 3. The molecule has 3 N–H and O–H groups in total. The fraction of sp³-hybridized carbons (Fsp3) is 0.733. The number of carbonyl (C=O) groups is 1. The molecule has 0 radical (unpaired) electrons. The number of nitrogens with zero attached hydrogens (tertiary/aromatic N) is 1. The Morgan fingerprint density at radius 2 is 2.33 bits per heavy atom. The van der Waals surface area contributed by atoms with Crippen LogP contribution in [0.25, 0.3) is 0 Å². The van der Waals surface area contributed by atoms with Crippen LogP contribution < -0.4 is 10.6 Å². The minimum atomic E-state index is -0.0559. The van der Waals surface area contributed by atoms with E-state index in [4.69, 9.17) is 4.74 Å². The van der Waals surface area contributed by atoms with Gasteiger partial charge in [-0.3, -0.25) is 9.89 Å². The molecule has 114 valence electrons. The Bertz CT molecular complexity index is 580. The van der Waals surface area contributed by atoms with Crippen LogP contribution in [0.1, 0.15) is 42.0 Å². The first-order valence-electron chi connectivity index (χ1n) is 7.78. The summed E-state index contributed by atoms with van der Waals surface area (Å²) in [6.07, 6.45) is 2.24. The van der Waals surface area contributed by atoms with Crippen LogP contribution in [0, 0.1) is 11.3 Å². The number of carbonyl (C=O) groups excluding carboxylic acids is 1. The zero-order valence-electron chi connectivity index (χ0n) is 12.5. The summed E-state index contributed by atoms with van der Waals surface area (Å²) in [6, 6.07) is 0.182. The largest absolute Gasteiger partial charge is 0.377 e. The van der Waals surface area contributed by atoms with Crippen LogP contribution in [0.2, 0.25) is 0 Å². The standard InChI is InChI=1S/C15H22N4O2/c1-15(2)12(8-4-6-21-13(8)15)17-14(20)11-9-7-16-5-3-10(9)18-19-11/h8,12-13,16H,3-7H2,1-2H3,(H,17,20)(H,18,19). The molecule has 0 spiro atoms. The molecule has 1 amide bonds. The molecule has 4 rings (SSSR count). The molecule has 3 aliphatic rings. The fourth-order valence-electron chi connectivity index (χ4n) is 4.24. The predicted molar refractivity (Wildman–Crippen MR) is 76.9 cm³/mol. The zero-order valence-corrected chi connectivity index (χ0v) is 12.5. The van der Waals surface area contributed by atoms with Gasteiger partial charge in [0.25, 0.3) is 5.91 Å². The SMILES string of the molecule is CC1(C)C(NC(=O)c2n[nH]c3c2CNCC3)C2CCOC21. The quantitative estimate of drug-likeness (QED) is 0.745. The van der Waals surface area contributed by atoms with E-state index in [0.717, 1.165) is 43.8 Å². The van der Waals surface area contributed by atoms with Crippen molar-refractivity contribution in [1.82, 2.24) is 20.8 Å². The number of H-pyrrole nitrogens is 1. The predicted octanol–water partition coefficient (Wildman–Crippen LogP) is 0.599.